The summed E-state index contributed by atoms with van der Waals surface area (Å²) in [6.45, 7) is 11.9. The van der Waals surface area contributed by atoms with Gasteiger partial charge < -0.3 is 39.0 Å². The molecule has 8 atom stereocenters. The van der Waals surface area contributed by atoms with E-state index >= 15 is 0 Å². The molecule has 0 bridgehead atoms. The van der Waals surface area contributed by atoms with Crippen molar-refractivity contribution < 1.29 is 46.0 Å². The zero-order valence-electron chi connectivity index (χ0n) is 37.6. The van der Waals surface area contributed by atoms with Gasteiger partial charge in [-0.05, 0) is 123 Å². The van der Waals surface area contributed by atoms with Gasteiger partial charge >= 0.3 is 0 Å². The number of halogens is 2. The van der Waals surface area contributed by atoms with Crippen molar-refractivity contribution in [3.63, 3.8) is 0 Å². The number of hydrogen-bond donors (Lipinski definition) is 4. The Bertz CT molecular complexity index is 2630. The number of aliphatic hydroxyl groups excluding tert-OH is 2. The summed E-state index contributed by atoms with van der Waals surface area (Å²) in [6.07, 6.45) is 7.41. The van der Waals surface area contributed by atoms with Crippen LogP contribution in [0.1, 0.15) is 49.7 Å². The van der Waals surface area contributed by atoms with Crippen LogP contribution < -0.4 is 39.0 Å². The molecule has 4 aromatic carbocycles. The molecule has 0 aromatic heterocycles. The highest BCUT2D eigenvalue weighted by molar-refractivity contribution is 7.89. The zero-order valence-corrected chi connectivity index (χ0v) is 40.8. The predicted octanol–water partition coefficient (Wildman–Crippen LogP) is 6.96. The largest absolute Gasteiger partial charge is 0.493 e. The number of rotatable bonds is 10. The second kappa shape index (κ2) is 19.0. The monoisotopic (exact) mass is 1010 g/mol. The highest BCUT2D eigenvalue weighted by atomic mass is 35.5. The Balaban J connectivity index is 0.000000170. The summed E-state index contributed by atoms with van der Waals surface area (Å²) in [5.41, 5.74) is 2.73. The lowest BCUT2D eigenvalue weighted by Gasteiger charge is -2.45. The van der Waals surface area contributed by atoms with Crippen LogP contribution in [0, 0.1) is 23.7 Å². The summed E-state index contributed by atoms with van der Waals surface area (Å²) in [7, 11) is -7.75. The lowest BCUT2D eigenvalue weighted by atomic mass is 9.70. The SMILES string of the molecule is C=C[C@@H](O)[C@@H]1CC[C@H]1CN1C[C@@]2(CCOc3cc(Cl)ccc32)COc2ccc(S(N)(=O)=O)cc21.C=C[C@H](O)[C@@H]1CC[C@H]1CN1C[C@@]2(CCOc3cc(Cl)ccc32)COc2ccc(S(N)(=O)=O)cc21. The third-order valence-electron chi connectivity index (χ3n) is 15.1. The van der Waals surface area contributed by atoms with Crippen molar-refractivity contribution in [2.75, 3.05) is 62.4 Å². The van der Waals surface area contributed by atoms with Crippen molar-refractivity contribution in [2.24, 2.45) is 33.9 Å². The highest BCUT2D eigenvalue weighted by Crippen LogP contribution is 2.50. The molecule has 0 amide bonds. The zero-order chi connectivity index (χ0) is 48.2. The van der Waals surface area contributed by atoms with Crippen LogP contribution in [0.2, 0.25) is 10.0 Å². The van der Waals surface area contributed by atoms with Crippen molar-refractivity contribution >= 4 is 54.6 Å². The number of fused-ring (bicyclic) bond motifs is 6. The van der Waals surface area contributed by atoms with Gasteiger partial charge in [0.25, 0.3) is 0 Å². The second-order valence-electron chi connectivity index (χ2n) is 19.2. The highest BCUT2D eigenvalue weighted by Gasteiger charge is 2.47. The molecule has 364 valence electrons. The molecule has 2 saturated carbocycles. The quantitative estimate of drug-likeness (QED) is 0.119. The summed E-state index contributed by atoms with van der Waals surface area (Å²) in [6, 6.07) is 20.9. The number of ether oxygens (including phenoxy) is 4. The number of nitrogens with zero attached hydrogens (tertiary/aromatic N) is 2. The molecule has 6 aliphatic rings. The van der Waals surface area contributed by atoms with Gasteiger partial charge in [-0.1, -0.05) is 47.5 Å². The molecule has 18 heteroatoms. The minimum atomic E-state index is -3.88. The standard InChI is InChI=1S/2C25H29ClN2O5S/c2*1-2-22(29)19-6-3-16(19)13-28-14-25(9-10-32-24-11-17(26)4-7-20(24)25)15-33-23-8-5-18(12-21(23)28)34(27,30)31/h2*2,4-5,7-8,11-12,16,19,22,29H,1,3,6,9-10,13-15H2,(H2,27,30,31)/t16-,19+,22+,25-;16-,19+,22-,25-/m00/s1. The third-order valence-corrected chi connectivity index (χ3v) is 17.4. The summed E-state index contributed by atoms with van der Waals surface area (Å²) in [5, 5.41) is 32.9. The Morgan fingerprint density at radius 3 is 1.38 bits per heavy atom. The van der Waals surface area contributed by atoms with E-state index in [1.807, 2.05) is 36.4 Å². The maximum Gasteiger partial charge on any atom is 0.238 e. The van der Waals surface area contributed by atoms with E-state index < -0.39 is 32.3 Å². The van der Waals surface area contributed by atoms with Crippen LogP contribution in [0.25, 0.3) is 0 Å². The molecule has 68 heavy (non-hydrogen) atoms. The summed E-state index contributed by atoms with van der Waals surface area (Å²) in [4.78, 5) is 4.50. The van der Waals surface area contributed by atoms with Gasteiger partial charge in [0, 0.05) is 47.4 Å². The molecule has 10 rings (SSSR count). The van der Waals surface area contributed by atoms with Crippen molar-refractivity contribution in [1.29, 1.82) is 0 Å². The van der Waals surface area contributed by atoms with Crippen LogP contribution in [-0.4, -0.2) is 91.9 Å². The fourth-order valence-electron chi connectivity index (χ4n) is 11.0. The molecule has 2 fully saturated rings. The average molecular weight is 1010 g/mol. The van der Waals surface area contributed by atoms with E-state index in [1.54, 1.807) is 36.4 Å². The third kappa shape index (κ3) is 9.55. The van der Waals surface area contributed by atoms with Crippen LogP contribution in [0.3, 0.4) is 0 Å². The maximum absolute atomic E-state index is 12.1. The maximum atomic E-state index is 12.1. The van der Waals surface area contributed by atoms with Gasteiger partial charge in [-0.15, -0.1) is 13.2 Å². The van der Waals surface area contributed by atoms with Crippen LogP contribution in [-0.2, 0) is 30.9 Å². The first-order chi connectivity index (χ1) is 32.4. The number of anilines is 2. The van der Waals surface area contributed by atoms with Crippen molar-refractivity contribution in [3.05, 3.63) is 119 Å². The van der Waals surface area contributed by atoms with Crippen LogP contribution in [0.4, 0.5) is 11.4 Å². The molecule has 0 radical (unpaired) electrons. The van der Waals surface area contributed by atoms with Crippen molar-refractivity contribution in [2.45, 2.75) is 71.4 Å². The van der Waals surface area contributed by atoms with Gasteiger partial charge in [0.15, 0.2) is 0 Å². The first-order valence-corrected chi connectivity index (χ1v) is 26.8. The fourth-order valence-corrected chi connectivity index (χ4v) is 12.4. The van der Waals surface area contributed by atoms with Crippen molar-refractivity contribution in [3.8, 4) is 23.0 Å². The molecule has 0 saturated heterocycles. The molecule has 14 nitrogen and oxygen atoms in total. The van der Waals surface area contributed by atoms with Crippen LogP contribution >= 0.6 is 23.2 Å². The van der Waals surface area contributed by atoms with E-state index in [9.17, 15) is 27.0 Å². The fraction of sp³-hybridized carbons (Fsp3) is 0.440. The van der Waals surface area contributed by atoms with Crippen LogP contribution in [0.5, 0.6) is 23.0 Å². The van der Waals surface area contributed by atoms with Crippen LogP contribution in [0.15, 0.2) is 108 Å². The van der Waals surface area contributed by atoms with E-state index in [0.29, 0.717) is 85.5 Å². The van der Waals surface area contributed by atoms with E-state index in [4.69, 9.17) is 52.4 Å². The number of hydrogen-bond acceptors (Lipinski definition) is 12. The topological polar surface area (TPSA) is 204 Å². The van der Waals surface area contributed by atoms with Crippen molar-refractivity contribution in [1.82, 2.24) is 0 Å². The Kier molecular flexibility index (Phi) is 13.6. The Labute approximate surface area is 408 Å². The number of nitrogens with two attached hydrogens (primary N) is 2. The van der Waals surface area contributed by atoms with E-state index in [2.05, 4.69) is 23.0 Å². The lowest BCUT2D eigenvalue weighted by Crippen LogP contribution is -2.50. The minimum absolute atomic E-state index is 0.0474. The molecule has 2 spiro atoms. The first kappa shape index (κ1) is 48.5. The van der Waals surface area contributed by atoms with E-state index in [-0.39, 0.29) is 44.3 Å². The molecule has 4 aromatic rings. The number of primary sulfonamides is 2. The Hall–Kier alpha value is -4.52. The van der Waals surface area contributed by atoms with Gasteiger partial charge in [-0.2, -0.15) is 0 Å². The number of sulfonamides is 2. The van der Waals surface area contributed by atoms with Gasteiger partial charge in [0.05, 0.1) is 70.6 Å². The minimum Gasteiger partial charge on any atom is -0.493 e. The lowest BCUT2D eigenvalue weighted by molar-refractivity contribution is 0.0456. The second-order valence-corrected chi connectivity index (χ2v) is 23.2. The summed E-state index contributed by atoms with van der Waals surface area (Å²) in [5.74, 6) is 3.49. The Morgan fingerprint density at radius 2 is 1.03 bits per heavy atom. The number of aliphatic hydroxyl groups is 2. The Morgan fingerprint density at radius 1 is 0.618 bits per heavy atom. The first-order valence-electron chi connectivity index (χ1n) is 23.0. The average Bonchev–Trinajstić information content (AvgIpc) is 3.54. The summed E-state index contributed by atoms with van der Waals surface area (Å²) >= 11 is 12.5. The smallest absolute Gasteiger partial charge is 0.238 e. The summed E-state index contributed by atoms with van der Waals surface area (Å²) < 4.78 is 73.0. The number of benzene rings is 4. The molecule has 2 aliphatic carbocycles. The van der Waals surface area contributed by atoms with E-state index in [0.717, 1.165) is 61.2 Å². The molecular formula is C50H58Cl2N4O10S2. The van der Waals surface area contributed by atoms with Gasteiger partial charge in [-0.3, -0.25) is 0 Å². The molecule has 4 heterocycles. The molecule has 0 unspecified atom stereocenters. The normalized spacial score (nSPS) is 26.9. The van der Waals surface area contributed by atoms with E-state index in [1.165, 1.54) is 12.1 Å². The molecular weight excluding hydrogens is 952 g/mol. The molecule has 6 N–H and O–H groups in total. The van der Waals surface area contributed by atoms with Gasteiger partial charge in [-0.25, -0.2) is 27.1 Å². The van der Waals surface area contributed by atoms with Gasteiger partial charge in [0.1, 0.15) is 23.0 Å². The molecule has 4 aliphatic heterocycles. The predicted molar refractivity (Wildman–Crippen MR) is 262 cm³/mol. The van der Waals surface area contributed by atoms with Gasteiger partial charge in [0.2, 0.25) is 20.0 Å².